The highest BCUT2D eigenvalue weighted by Crippen LogP contribution is 2.44. The van der Waals surface area contributed by atoms with Gasteiger partial charge in [-0.1, -0.05) is 182 Å². The van der Waals surface area contributed by atoms with Crippen LogP contribution in [0.5, 0.6) is 0 Å². The summed E-state index contributed by atoms with van der Waals surface area (Å²) in [6.07, 6.45) is -34.8. The van der Waals surface area contributed by atoms with Crippen molar-refractivity contribution in [2.24, 2.45) is 0 Å². The van der Waals surface area contributed by atoms with Crippen molar-refractivity contribution in [3.05, 3.63) is 359 Å². The lowest BCUT2D eigenvalue weighted by Gasteiger charge is -2.49. The first-order chi connectivity index (χ1) is 58.5. The Morgan fingerprint density at radius 1 is 0.258 bits per heavy atom. The molecule has 4 fully saturated rings. The van der Waals surface area contributed by atoms with Crippen LogP contribution in [0.3, 0.4) is 0 Å². The number of esters is 11. The average Bonchev–Trinajstić information content (AvgIpc) is 0.993. The van der Waals surface area contributed by atoms with E-state index in [9.17, 15) is 28.8 Å². The van der Waals surface area contributed by atoms with Gasteiger partial charge in [0.15, 0.2) is 73.8 Å². The van der Waals surface area contributed by atoms with Crippen LogP contribution >= 0.6 is 0 Å². The quantitative estimate of drug-likeness (QED) is 0.0310. The van der Waals surface area contributed by atoms with Gasteiger partial charge in [-0.25, -0.2) is 47.9 Å². The van der Waals surface area contributed by atoms with E-state index >= 15 is 24.0 Å². The van der Waals surface area contributed by atoms with E-state index in [0.29, 0.717) is 0 Å². The largest absolute Gasteiger partial charge is 0.463 e. The molecule has 0 amide bonds. The van der Waals surface area contributed by atoms with Crippen molar-refractivity contribution >= 4 is 65.7 Å². The second kappa shape index (κ2) is 39.4. The zero-order valence-corrected chi connectivity index (χ0v) is 63.7. The molecule has 4 aliphatic heterocycles. The van der Waals surface area contributed by atoms with E-state index in [4.69, 9.17) is 80.5 Å². The number of carbonyl (C=O) groups excluding carboxylic acids is 11. The van der Waals surface area contributed by atoms with Crippen molar-refractivity contribution < 1.29 is 133 Å². The molecule has 0 aliphatic carbocycles. The topological polar surface area (TPSA) is 345 Å². The molecule has 4 saturated heterocycles. The van der Waals surface area contributed by atoms with Crippen LogP contribution in [0, 0.1) is 0 Å². The summed E-state index contributed by atoms with van der Waals surface area (Å²) in [5.74, 6) is -11.6. The lowest BCUT2D eigenvalue weighted by Crippen LogP contribution is -2.68. The Kier molecular flexibility index (Phi) is 27.1. The summed E-state index contributed by atoms with van der Waals surface area (Å²) in [7, 11) is 0. The summed E-state index contributed by atoms with van der Waals surface area (Å²) in [6, 6.07) is 75.2. The van der Waals surface area contributed by atoms with Crippen LogP contribution in [-0.2, 0) is 85.3 Å². The van der Waals surface area contributed by atoms with Gasteiger partial charge in [-0.3, -0.25) is 4.79 Å². The summed E-state index contributed by atoms with van der Waals surface area (Å²) in [4.78, 5) is 162. The molecule has 0 saturated carbocycles. The maximum absolute atomic E-state index is 15.5. The second-order valence-corrected chi connectivity index (χ2v) is 27.6. The first-order valence-electron chi connectivity index (χ1n) is 38.1. The fraction of sp³-hybridized carbons (Fsp3) is 0.228. The normalized spacial score (nSPS) is 23.6. The maximum atomic E-state index is 15.5. The lowest BCUT2D eigenvalue weighted by atomic mass is 9.93. The Bertz CT molecular complexity index is 5180. The van der Waals surface area contributed by atoms with Crippen molar-refractivity contribution in [2.45, 2.75) is 111 Å². The van der Waals surface area contributed by atoms with E-state index in [0.717, 1.165) is 6.92 Å². The minimum absolute atomic E-state index is 0.0226. The molecule has 120 heavy (non-hydrogen) atoms. The van der Waals surface area contributed by atoms with Gasteiger partial charge in [-0.05, 0) is 121 Å². The molecule has 0 N–H and O–H groups in total. The van der Waals surface area contributed by atoms with E-state index in [-0.39, 0.29) is 55.6 Å². The van der Waals surface area contributed by atoms with Gasteiger partial charge in [-0.2, -0.15) is 0 Å². The maximum Gasteiger partial charge on any atom is 0.338 e. The summed E-state index contributed by atoms with van der Waals surface area (Å²) >= 11 is 0. The molecular weight excluding hydrogens is 1550 g/mol. The molecule has 10 aromatic rings. The molecule has 0 aromatic heterocycles. The molecule has 14 rings (SSSR count). The van der Waals surface area contributed by atoms with Gasteiger partial charge in [0.1, 0.15) is 50.3 Å². The highest BCUT2D eigenvalue weighted by Gasteiger charge is 2.65. The lowest BCUT2D eigenvalue weighted by molar-refractivity contribution is -0.364. The van der Waals surface area contributed by atoms with Crippen LogP contribution in [-0.4, -0.2) is 190 Å². The average molecular weight is 1630 g/mol. The molecular formula is C92H76O28. The Balaban J connectivity index is 0.954. The van der Waals surface area contributed by atoms with Crippen LogP contribution in [0.2, 0.25) is 0 Å². The van der Waals surface area contributed by atoms with Gasteiger partial charge >= 0.3 is 65.7 Å². The van der Waals surface area contributed by atoms with Crippen LogP contribution in [0.1, 0.15) is 111 Å². The predicted octanol–water partition coefficient (Wildman–Crippen LogP) is 11.4. The number of hydrogen-bond donors (Lipinski definition) is 0. The summed E-state index contributed by atoms with van der Waals surface area (Å²) < 4.78 is 112. The third-order valence-electron chi connectivity index (χ3n) is 19.5. The second-order valence-electron chi connectivity index (χ2n) is 27.6. The zero-order valence-electron chi connectivity index (χ0n) is 63.7. The molecule has 2 bridgehead atoms. The smallest absolute Gasteiger partial charge is 0.338 e. The predicted molar refractivity (Wildman–Crippen MR) is 416 cm³/mol. The standard InChI is InChI=1S/C92H76O28/c1-55(93)104-52-67-71-73(119-90-77(115-88(102)64-48-28-10-29-49-64)74(112-85(99)61-42-22-7-23-43-61)69(110-83(97)59-38-18-5-19-39-59)68(109-90)54-106-81(95)57-34-14-3-15-35-57)76(114-87(101)63-46-26-9-27-47-63)79(91(108-67)117-71)120-92-78(116-89(103)65-50-30-11-31-51-65)75(113-86(100)62-44-24-8-25-45-62)72(111-84(98)60-40-20-6-21-41-60)70(118-92)66(107-82(96)58-36-16-4-17-37-58)53-105-80(94)56-32-12-2-13-33-56/h2-51,66-79,90-92H,52-54H2,1H3/t66-,67-,68+,69+,70+,71+,72+,73+,74-,75-,76-,77+,78-,79-,90-,91+,92+/m0/s1. The van der Waals surface area contributed by atoms with Gasteiger partial charge < -0.3 is 80.5 Å². The van der Waals surface area contributed by atoms with Gasteiger partial charge in [0.05, 0.1) is 55.6 Å². The molecule has 4 aliphatic rings. The number of fused-ring (bicyclic) bond motifs is 2. The molecule has 17 atom stereocenters. The molecule has 28 nitrogen and oxygen atoms in total. The fourth-order valence-electron chi connectivity index (χ4n) is 13.7. The van der Waals surface area contributed by atoms with Crippen LogP contribution in [0.25, 0.3) is 0 Å². The number of carbonyl (C=O) groups is 11. The highest BCUT2D eigenvalue weighted by atomic mass is 16.8. The number of benzene rings is 10. The minimum atomic E-state index is -2.39. The molecule has 0 radical (unpaired) electrons. The molecule has 4 heterocycles. The van der Waals surface area contributed by atoms with Crippen molar-refractivity contribution in [2.75, 3.05) is 19.8 Å². The number of hydrogen-bond acceptors (Lipinski definition) is 28. The van der Waals surface area contributed by atoms with Crippen molar-refractivity contribution in [3.63, 3.8) is 0 Å². The minimum Gasteiger partial charge on any atom is -0.463 e. The monoisotopic (exact) mass is 1630 g/mol. The number of ether oxygens (including phenoxy) is 17. The molecule has 612 valence electrons. The Morgan fingerprint density at radius 3 is 0.892 bits per heavy atom. The van der Waals surface area contributed by atoms with Gasteiger partial charge in [0.2, 0.25) is 0 Å². The van der Waals surface area contributed by atoms with E-state index in [1.807, 2.05) is 0 Å². The first kappa shape index (κ1) is 82.7. The van der Waals surface area contributed by atoms with Gasteiger partial charge in [0.25, 0.3) is 0 Å². The van der Waals surface area contributed by atoms with E-state index in [2.05, 4.69) is 0 Å². The first-order valence-corrected chi connectivity index (χ1v) is 38.1. The molecule has 10 aromatic carbocycles. The van der Waals surface area contributed by atoms with Gasteiger partial charge in [0, 0.05) is 6.92 Å². The van der Waals surface area contributed by atoms with Crippen molar-refractivity contribution in [1.82, 2.24) is 0 Å². The molecule has 0 unspecified atom stereocenters. The Hall–Kier alpha value is -13.9. The Labute approximate surface area is 685 Å². The van der Waals surface area contributed by atoms with Crippen molar-refractivity contribution in [3.8, 4) is 0 Å². The summed E-state index contributed by atoms with van der Waals surface area (Å²) in [6.45, 7) is -1.41. The fourth-order valence-corrected chi connectivity index (χ4v) is 13.7. The summed E-state index contributed by atoms with van der Waals surface area (Å²) in [5, 5.41) is 0. The zero-order chi connectivity index (χ0) is 83.4. The SMILES string of the molecule is CC(=O)OC[C@@H]1O[C@@H]2O[C@H]1[C@@H](O[C@@H]1O[C@H](COC(=O)c3ccccc3)[C@@H](OC(=O)c3ccccc3)[C@H](OC(=O)c3ccccc3)[C@H]1OC(=O)c1ccccc1)[C@H](OC(=O)c1ccccc1)[C@@H]2O[C@H]1O[C@H]([C@H](COC(=O)c2ccccc2)OC(=O)c2ccccc2)[C@@H](OC(=O)c2ccccc2)[C@H](OC(=O)c2ccccc2)[C@@H]1OC(=O)c1ccccc1. The van der Waals surface area contributed by atoms with E-state index in [1.165, 1.54) is 206 Å². The molecule has 0 spiro atoms. The third-order valence-corrected chi connectivity index (χ3v) is 19.5. The summed E-state index contributed by atoms with van der Waals surface area (Å²) in [5.41, 5.74) is -0.640. The molecule has 28 heteroatoms. The number of rotatable bonds is 29. The highest BCUT2D eigenvalue weighted by molar-refractivity contribution is 5.95. The van der Waals surface area contributed by atoms with Crippen LogP contribution in [0.4, 0.5) is 0 Å². The van der Waals surface area contributed by atoms with Crippen molar-refractivity contribution in [1.29, 1.82) is 0 Å². The van der Waals surface area contributed by atoms with Gasteiger partial charge in [-0.15, -0.1) is 0 Å². The third kappa shape index (κ3) is 20.4. The van der Waals surface area contributed by atoms with Crippen LogP contribution in [0.15, 0.2) is 303 Å². The Morgan fingerprint density at radius 2 is 0.533 bits per heavy atom. The van der Waals surface area contributed by atoms with E-state index in [1.54, 1.807) is 97.1 Å². The van der Waals surface area contributed by atoms with E-state index < -0.39 is 190 Å². The van der Waals surface area contributed by atoms with Crippen LogP contribution < -0.4 is 0 Å².